The van der Waals surface area contributed by atoms with Crippen molar-refractivity contribution in [1.29, 1.82) is 0 Å². The Balaban J connectivity index is 2.28. The molecule has 3 nitrogen and oxygen atoms in total. The lowest BCUT2D eigenvalue weighted by Crippen LogP contribution is -2.35. The number of likely N-dealkylation sites (tertiary alicyclic amines) is 1. The summed E-state index contributed by atoms with van der Waals surface area (Å²) in [5.41, 5.74) is 5.63. The zero-order valence-corrected chi connectivity index (χ0v) is 11.3. The van der Waals surface area contributed by atoms with Gasteiger partial charge in [-0.15, -0.1) is 11.8 Å². The third kappa shape index (κ3) is 3.98. The second kappa shape index (κ2) is 7.17. The fourth-order valence-corrected chi connectivity index (χ4v) is 3.06. The van der Waals surface area contributed by atoms with Gasteiger partial charge in [0.1, 0.15) is 0 Å². The quantitative estimate of drug-likeness (QED) is 0.724. The summed E-state index contributed by atoms with van der Waals surface area (Å²) in [6.45, 7) is 6.69. The molecule has 0 aromatic carbocycles. The predicted molar refractivity (Wildman–Crippen MR) is 70.6 cm³/mol. The fourth-order valence-electron chi connectivity index (χ4n) is 1.96. The largest absolute Gasteiger partial charge is 0.341 e. The van der Waals surface area contributed by atoms with Crippen molar-refractivity contribution >= 4 is 17.7 Å². The smallest absolute Gasteiger partial charge is 0.235 e. The lowest BCUT2D eigenvalue weighted by Gasteiger charge is -2.20. The molecule has 1 fully saturated rings. The van der Waals surface area contributed by atoms with Gasteiger partial charge >= 0.3 is 0 Å². The molecule has 1 heterocycles. The molecule has 0 spiro atoms. The third-order valence-electron chi connectivity index (χ3n) is 3.14. The van der Waals surface area contributed by atoms with E-state index >= 15 is 0 Å². The van der Waals surface area contributed by atoms with E-state index in [0.717, 1.165) is 25.3 Å². The van der Waals surface area contributed by atoms with E-state index in [2.05, 4.69) is 6.92 Å². The molecule has 0 radical (unpaired) electrons. The van der Waals surface area contributed by atoms with Crippen LogP contribution in [-0.4, -0.2) is 41.4 Å². The molecule has 1 aliphatic rings. The van der Waals surface area contributed by atoms with Crippen LogP contribution in [0.15, 0.2) is 0 Å². The zero-order valence-electron chi connectivity index (χ0n) is 10.4. The van der Waals surface area contributed by atoms with Crippen LogP contribution in [0, 0.1) is 5.92 Å². The van der Waals surface area contributed by atoms with E-state index in [4.69, 9.17) is 5.73 Å². The lowest BCUT2D eigenvalue weighted by molar-refractivity contribution is -0.129. The van der Waals surface area contributed by atoms with E-state index in [9.17, 15) is 4.79 Å². The first kappa shape index (κ1) is 13.8. The molecule has 1 rings (SSSR count). The molecule has 1 aliphatic heterocycles. The molecule has 0 aliphatic carbocycles. The van der Waals surface area contributed by atoms with Crippen molar-refractivity contribution in [1.82, 2.24) is 4.90 Å². The van der Waals surface area contributed by atoms with Gasteiger partial charge in [0.2, 0.25) is 5.91 Å². The molecule has 0 aromatic rings. The second-order valence-electron chi connectivity index (χ2n) is 4.54. The maximum Gasteiger partial charge on any atom is 0.235 e. The van der Waals surface area contributed by atoms with Crippen LogP contribution in [0.2, 0.25) is 0 Å². The highest BCUT2D eigenvalue weighted by molar-refractivity contribution is 8.00. The van der Waals surface area contributed by atoms with Crippen molar-refractivity contribution in [3.05, 3.63) is 0 Å². The van der Waals surface area contributed by atoms with Gasteiger partial charge in [-0.1, -0.05) is 13.3 Å². The first-order valence-electron chi connectivity index (χ1n) is 6.29. The fraction of sp³-hybridized carbons (Fsp3) is 0.917. The highest BCUT2D eigenvalue weighted by Crippen LogP contribution is 2.20. The molecular formula is C12H24N2OS. The third-order valence-corrected chi connectivity index (χ3v) is 4.37. The lowest BCUT2D eigenvalue weighted by atomic mass is 10.1. The number of nitrogens with two attached hydrogens (primary N) is 1. The molecule has 2 atom stereocenters. The molecule has 2 N–H and O–H groups in total. The van der Waals surface area contributed by atoms with Crippen LogP contribution < -0.4 is 5.73 Å². The molecule has 4 heteroatoms. The van der Waals surface area contributed by atoms with Crippen LogP contribution >= 0.6 is 11.8 Å². The van der Waals surface area contributed by atoms with E-state index in [1.807, 2.05) is 11.8 Å². The van der Waals surface area contributed by atoms with Gasteiger partial charge in [-0.3, -0.25) is 4.79 Å². The summed E-state index contributed by atoms with van der Waals surface area (Å²) in [6.07, 6.45) is 3.48. The van der Waals surface area contributed by atoms with Crippen LogP contribution in [0.25, 0.3) is 0 Å². The monoisotopic (exact) mass is 244 g/mol. The van der Waals surface area contributed by atoms with Gasteiger partial charge < -0.3 is 10.6 Å². The minimum Gasteiger partial charge on any atom is -0.341 e. The van der Waals surface area contributed by atoms with Gasteiger partial charge in [0, 0.05) is 13.1 Å². The Labute approximate surface area is 103 Å². The Morgan fingerprint density at radius 1 is 1.62 bits per heavy atom. The number of nitrogens with zero attached hydrogens (tertiary/aromatic N) is 1. The van der Waals surface area contributed by atoms with Gasteiger partial charge in [0.05, 0.1) is 5.25 Å². The highest BCUT2D eigenvalue weighted by Gasteiger charge is 2.28. The van der Waals surface area contributed by atoms with Crippen molar-refractivity contribution in [2.75, 3.05) is 25.4 Å². The van der Waals surface area contributed by atoms with Gasteiger partial charge in [0.25, 0.3) is 0 Å². The summed E-state index contributed by atoms with van der Waals surface area (Å²) in [5, 5.41) is 0.114. The summed E-state index contributed by atoms with van der Waals surface area (Å²) in [4.78, 5) is 14.1. The second-order valence-corrected chi connectivity index (χ2v) is 5.99. The molecule has 0 bridgehead atoms. The first-order valence-corrected chi connectivity index (χ1v) is 7.34. The molecule has 0 saturated carbocycles. The topological polar surface area (TPSA) is 46.3 Å². The van der Waals surface area contributed by atoms with Gasteiger partial charge in [0.15, 0.2) is 0 Å². The summed E-state index contributed by atoms with van der Waals surface area (Å²) < 4.78 is 0. The Hall–Kier alpha value is -0.220. The Morgan fingerprint density at radius 2 is 2.38 bits per heavy atom. The number of hydrogen-bond donors (Lipinski definition) is 1. The van der Waals surface area contributed by atoms with Gasteiger partial charge in [-0.25, -0.2) is 0 Å². The van der Waals surface area contributed by atoms with E-state index < -0.39 is 0 Å². The van der Waals surface area contributed by atoms with Gasteiger partial charge in [-0.05, 0) is 38.0 Å². The Morgan fingerprint density at radius 3 is 2.94 bits per heavy atom. The summed E-state index contributed by atoms with van der Waals surface area (Å²) in [5.74, 6) is 1.92. The van der Waals surface area contributed by atoms with E-state index in [0.29, 0.717) is 18.4 Å². The van der Waals surface area contributed by atoms with E-state index in [-0.39, 0.29) is 5.25 Å². The molecule has 1 amide bonds. The minimum absolute atomic E-state index is 0.114. The van der Waals surface area contributed by atoms with E-state index in [1.165, 1.54) is 12.8 Å². The Kier molecular flexibility index (Phi) is 6.21. The summed E-state index contributed by atoms with van der Waals surface area (Å²) >= 11 is 1.78. The molecule has 16 heavy (non-hydrogen) atoms. The van der Waals surface area contributed by atoms with Crippen LogP contribution in [0.1, 0.15) is 33.1 Å². The van der Waals surface area contributed by atoms with Crippen LogP contribution in [0.3, 0.4) is 0 Å². The normalized spacial score (nSPS) is 22.4. The van der Waals surface area contributed by atoms with Crippen molar-refractivity contribution < 1.29 is 4.79 Å². The molecule has 1 saturated heterocycles. The van der Waals surface area contributed by atoms with Gasteiger partial charge in [-0.2, -0.15) is 0 Å². The summed E-state index contributed by atoms with van der Waals surface area (Å²) in [7, 11) is 0. The average molecular weight is 244 g/mol. The number of thioether (sulfide) groups is 1. The predicted octanol–water partition coefficient (Wildman–Crippen LogP) is 1.72. The average Bonchev–Trinajstić information content (AvgIpc) is 2.76. The number of carbonyl (C=O) groups excluding carboxylic acids is 1. The van der Waals surface area contributed by atoms with Crippen LogP contribution in [0.5, 0.6) is 0 Å². The maximum absolute atomic E-state index is 12.1. The standard InChI is InChI=1S/C12H24N2OS/c1-3-4-7-16-10(2)12(15)14-6-5-11(8-13)9-14/h10-11H,3-9,13H2,1-2H3. The number of unbranched alkanes of at least 4 members (excludes halogenated alkanes) is 1. The number of hydrogen-bond acceptors (Lipinski definition) is 3. The number of carbonyl (C=O) groups is 1. The molecule has 0 aromatic heterocycles. The maximum atomic E-state index is 12.1. The first-order chi connectivity index (χ1) is 7.69. The van der Waals surface area contributed by atoms with E-state index in [1.54, 1.807) is 11.8 Å². The zero-order chi connectivity index (χ0) is 12.0. The van der Waals surface area contributed by atoms with Crippen molar-refractivity contribution in [2.24, 2.45) is 11.7 Å². The Bertz CT molecular complexity index is 223. The number of rotatable bonds is 6. The van der Waals surface area contributed by atoms with Crippen LogP contribution in [-0.2, 0) is 4.79 Å². The highest BCUT2D eigenvalue weighted by atomic mass is 32.2. The SMILES string of the molecule is CCCCSC(C)C(=O)N1CCC(CN)C1. The molecular weight excluding hydrogens is 220 g/mol. The van der Waals surface area contributed by atoms with Crippen molar-refractivity contribution in [3.63, 3.8) is 0 Å². The van der Waals surface area contributed by atoms with Crippen molar-refractivity contribution in [2.45, 2.75) is 38.4 Å². The molecule has 94 valence electrons. The molecule has 2 unspecified atom stereocenters. The minimum atomic E-state index is 0.114. The summed E-state index contributed by atoms with van der Waals surface area (Å²) in [6, 6.07) is 0. The van der Waals surface area contributed by atoms with Crippen molar-refractivity contribution in [3.8, 4) is 0 Å². The van der Waals surface area contributed by atoms with Crippen LogP contribution in [0.4, 0.5) is 0 Å². The number of amides is 1.